The predicted octanol–water partition coefficient (Wildman–Crippen LogP) is 4.03. The molecule has 1 amide bonds. The Bertz CT molecular complexity index is 718. The second-order valence-electron chi connectivity index (χ2n) is 4.87. The number of benzene rings is 2. The number of carbonyl (C=O) groups excluding carboxylic acids is 2. The summed E-state index contributed by atoms with van der Waals surface area (Å²) in [5.74, 6) is -1.06. The van der Waals surface area contributed by atoms with E-state index in [1.807, 2.05) is 18.2 Å². The fraction of sp³-hybridized carbons (Fsp3) is 0.176. The standard InChI is InChI=1S/C17H15Cl2NO3/c1-11(12-6-2-4-8-14(12)18)20-16(21)10-23-17(22)13-7-3-5-9-15(13)19/h2-9,11H,10H2,1H3,(H,20,21)/t11-/m1/s1. The molecule has 1 atom stereocenters. The molecule has 2 aromatic carbocycles. The van der Waals surface area contributed by atoms with Crippen LogP contribution in [-0.4, -0.2) is 18.5 Å². The molecule has 6 heteroatoms. The number of hydrogen-bond donors (Lipinski definition) is 1. The van der Waals surface area contributed by atoms with Gasteiger partial charge in [-0.2, -0.15) is 0 Å². The summed E-state index contributed by atoms with van der Waals surface area (Å²) in [5.41, 5.74) is 1.01. The van der Waals surface area contributed by atoms with Gasteiger partial charge in [-0.25, -0.2) is 4.79 Å². The number of carbonyl (C=O) groups is 2. The molecule has 0 aromatic heterocycles. The van der Waals surface area contributed by atoms with Crippen molar-refractivity contribution in [2.45, 2.75) is 13.0 Å². The normalized spacial score (nSPS) is 11.6. The van der Waals surface area contributed by atoms with Crippen LogP contribution in [0.3, 0.4) is 0 Å². The molecule has 1 N–H and O–H groups in total. The molecule has 0 bridgehead atoms. The number of rotatable bonds is 5. The van der Waals surface area contributed by atoms with Crippen LogP contribution in [-0.2, 0) is 9.53 Å². The summed E-state index contributed by atoms with van der Waals surface area (Å²) < 4.78 is 4.97. The summed E-state index contributed by atoms with van der Waals surface area (Å²) in [6.07, 6.45) is 0. The van der Waals surface area contributed by atoms with Crippen LogP contribution in [0, 0.1) is 0 Å². The first kappa shape index (κ1) is 17.3. The summed E-state index contributed by atoms with van der Waals surface area (Å²) in [6.45, 7) is 1.41. The third kappa shape index (κ3) is 4.71. The molecule has 0 aliphatic rings. The van der Waals surface area contributed by atoms with Gasteiger partial charge in [0.25, 0.3) is 5.91 Å². The predicted molar refractivity (Wildman–Crippen MR) is 89.7 cm³/mol. The van der Waals surface area contributed by atoms with Gasteiger partial charge in [0.05, 0.1) is 16.6 Å². The van der Waals surface area contributed by atoms with Crippen molar-refractivity contribution in [2.75, 3.05) is 6.61 Å². The molecule has 0 aliphatic carbocycles. The third-order valence-electron chi connectivity index (χ3n) is 3.18. The van der Waals surface area contributed by atoms with Gasteiger partial charge in [-0.15, -0.1) is 0 Å². The molecular formula is C17H15Cl2NO3. The Balaban J connectivity index is 1.89. The van der Waals surface area contributed by atoms with Gasteiger partial charge >= 0.3 is 5.97 Å². The maximum atomic E-state index is 11.9. The lowest BCUT2D eigenvalue weighted by Gasteiger charge is -2.15. The van der Waals surface area contributed by atoms with Gasteiger partial charge < -0.3 is 10.1 Å². The van der Waals surface area contributed by atoms with E-state index in [9.17, 15) is 9.59 Å². The molecule has 4 nitrogen and oxygen atoms in total. The highest BCUT2D eigenvalue weighted by atomic mass is 35.5. The minimum atomic E-state index is -0.642. The van der Waals surface area contributed by atoms with Crippen LogP contribution in [0.25, 0.3) is 0 Å². The van der Waals surface area contributed by atoms with E-state index >= 15 is 0 Å². The number of esters is 1. The van der Waals surface area contributed by atoms with E-state index in [2.05, 4.69) is 5.32 Å². The van der Waals surface area contributed by atoms with Crippen molar-refractivity contribution in [3.05, 3.63) is 69.7 Å². The van der Waals surface area contributed by atoms with Crippen molar-refractivity contribution in [1.29, 1.82) is 0 Å². The van der Waals surface area contributed by atoms with Crippen molar-refractivity contribution in [1.82, 2.24) is 5.32 Å². The molecule has 120 valence electrons. The monoisotopic (exact) mass is 351 g/mol. The SMILES string of the molecule is C[C@@H](NC(=O)COC(=O)c1ccccc1Cl)c1ccccc1Cl. The van der Waals surface area contributed by atoms with E-state index in [1.54, 1.807) is 31.2 Å². The zero-order valence-electron chi connectivity index (χ0n) is 12.4. The molecule has 0 fully saturated rings. The van der Waals surface area contributed by atoms with Crippen LogP contribution in [0.5, 0.6) is 0 Å². The van der Waals surface area contributed by atoms with E-state index in [4.69, 9.17) is 27.9 Å². The summed E-state index contributed by atoms with van der Waals surface area (Å²) in [7, 11) is 0. The minimum absolute atomic E-state index is 0.223. The minimum Gasteiger partial charge on any atom is -0.452 e. The fourth-order valence-corrected chi connectivity index (χ4v) is 2.54. The van der Waals surface area contributed by atoms with Gasteiger partial charge in [0.2, 0.25) is 0 Å². The molecule has 0 radical (unpaired) electrons. The molecule has 2 rings (SSSR count). The summed E-state index contributed by atoms with van der Waals surface area (Å²) in [4.78, 5) is 23.8. The molecule has 0 saturated heterocycles. The lowest BCUT2D eigenvalue weighted by atomic mass is 10.1. The molecule has 0 spiro atoms. The van der Waals surface area contributed by atoms with E-state index in [-0.39, 0.29) is 16.6 Å². The summed E-state index contributed by atoms with van der Waals surface area (Å²) in [5, 5.41) is 3.57. The highest BCUT2D eigenvalue weighted by Crippen LogP contribution is 2.22. The highest BCUT2D eigenvalue weighted by Gasteiger charge is 2.16. The topological polar surface area (TPSA) is 55.4 Å². The first-order valence-electron chi connectivity index (χ1n) is 6.94. The van der Waals surface area contributed by atoms with Crippen LogP contribution in [0.2, 0.25) is 10.0 Å². The molecular weight excluding hydrogens is 337 g/mol. The van der Waals surface area contributed by atoms with Crippen molar-refractivity contribution >= 4 is 35.1 Å². The zero-order valence-corrected chi connectivity index (χ0v) is 13.9. The molecule has 0 saturated carbocycles. The Kier molecular flexibility index (Phi) is 6.02. The van der Waals surface area contributed by atoms with Crippen molar-refractivity contribution in [2.24, 2.45) is 0 Å². The Hall–Kier alpha value is -2.04. The van der Waals surface area contributed by atoms with E-state index < -0.39 is 18.5 Å². The number of nitrogens with one attached hydrogen (secondary N) is 1. The summed E-state index contributed by atoms with van der Waals surface area (Å²) >= 11 is 12.0. The lowest BCUT2D eigenvalue weighted by Crippen LogP contribution is -2.31. The maximum absolute atomic E-state index is 11.9. The molecule has 23 heavy (non-hydrogen) atoms. The Morgan fingerprint density at radius 3 is 2.30 bits per heavy atom. The quantitative estimate of drug-likeness (QED) is 0.827. The van der Waals surface area contributed by atoms with Gasteiger partial charge in [0.15, 0.2) is 6.61 Å². The van der Waals surface area contributed by atoms with E-state index in [0.29, 0.717) is 5.02 Å². The first-order chi connectivity index (χ1) is 11.0. The first-order valence-corrected chi connectivity index (χ1v) is 7.70. The smallest absolute Gasteiger partial charge is 0.340 e. The molecule has 0 unspecified atom stereocenters. The van der Waals surface area contributed by atoms with Crippen LogP contribution >= 0.6 is 23.2 Å². The fourth-order valence-electron chi connectivity index (χ4n) is 2.02. The van der Waals surface area contributed by atoms with Gasteiger partial charge in [-0.05, 0) is 30.7 Å². The van der Waals surface area contributed by atoms with Crippen molar-refractivity contribution in [3.63, 3.8) is 0 Å². The van der Waals surface area contributed by atoms with Crippen LogP contribution in [0.15, 0.2) is 48.5 Å². The van der Waals surface area contributed by atoms with Gasteiger partial charge in [-0.1, -0.05) is 53.5 Å². The second kappa shape index (κ2) is 7.99. The number of hydrogen-bond acceptors (Lipinski definition) is 3. The summed E-state index contributed by atoms with van der Waals surface area (Å²) in [6, 6.07) is 13.4. The largest absolute Gasteiger partial charge is 0.452 e. The number of amides is 1. The number of halogens is 2. The lowest BCUT2D eigenvalue weighted by molar-refractivity contribution is -0.124. The zero-order chi connectivity index (χ0) is 16.8. The highest BCUT2D eigenvalue weighted by molar-refractivity contribution is 6.33. The third-order valence-corrected chi connectivity index (χ3v) is 3.85. The average molecular weight is 352 g/mol. The van der Waals surface area contributed by atoms with Gasteiger partial charge in [-0.3, -0.25) is 4.79 Å². The Labute approximate surface area is 144 Å². The molecule has 2 aromatic rings. The van der Waals surface area contributed by atoms with Gasteiger partial charge in [0.1, 0.15) is 0 Å². The van der Waals surface area contributed by atoms with Crippen molar-refractivity contribution < 1.29 is 14.3 Å². The molecule has 0 heterocycles. The number of ether oxygens (including phenoxy) is 1. The second-order valence-corrected chi connectivity index (χ2v) is 5.68. The van der Waals surface area contributed by atoms with E-state index in [0.717, 1.165) is 5.56 Å². The van der Waals surface area contributed by atoms with Gasteiger partial charge in [0, 0.05) is 5.02 Å². The van der Waals surface area contributed by atoms with Crippen LogP contribution in [0.4, 0.5) is 0 Å². The molecule has 0 aliphatic heterocycles. The maximum Gasteiger partial charge on any atom is 0.340 e. The van der Waals surface area contributed by atoms with E-state index in [1.165, 1.54) is 6.07 Å². The average Bonchev–Trinajstić information content (AvgIpc) is 2.53. The van der Waals surface area contributed by atoms with Crippen LogP contribution < -0.4 is 5.32 Å². The Morgan fingerprint density at radius 1 is 1.04 bits per heavy atom. The van der Waals surface area contributed by atoms with Crippen LogP contribution in [0.1, 0.15) is 28.9 Å². The van der Waals surface area contributed by atoms with Crippen molar-refractivity contribution in [3.8, 4) is 0 Å². The Morgan fingerprint density at radius 2 is 1.65 bits per heavy atom.